The molecule has 0 spiro atoms. The van der Waals surface area contributed by atoms with E-state index >= 15 is 0 Å². The fourth-order valence-corrected chi connectivity index (χ4v) is 9.28. The molecule has 75 heavy (non-hydrogen) atoms. The van der Waals surface area contributed by atoms with Crippen LogP contribution >= 0.6 is 0 Å². The number of carbonyl (C=O) groups excluding carboxylic acids is 2. The first-order chi connectivity index (χ1) is 36.3. The number of carbonyl (C=O) groups is 4. The van der Waals surface area contributed by atoms with Crippen molar-refractivity contribution in [3.05, 3.63) is 191 Å². The van der Waals surface area contributed by atoms with Crippen molar-refractivity contribution < 1.29 is 48.3 Å². The minimum atomic E-state index is -2.32. The second-order valence-corrected chi connectivity index (χ2v) is 18.9. The molecule has 6 rings (SSSR count). The number of benzene rings is 6. The summed E-state index contributed by atoms with van der Waals surface area (Å²) in [6.07, 6.45) is 14.4. The molecule has 0 amide bonds. The molecule has 392 valence electrons. The van der Waals surface area contributed by atoms with Crippen LogP contribution in [0.3, 0.4) is 0 Å². The van der Waals surface area contributed by atoms with Crippen molar-refractivity contribution in [2.75, 3.05) is 24.7 Å². The fraction of sp³-hybridized carbons (Fsp3) is 0.302. The van der Waals surface area contributed by atoms with Gasteiger partial charge in [0.25, 0.3) is 0 Å². The van der Waals surface area contributed by atoms with Crippen LogP contribution in [0.2, 0.25) is 0 Å². The number of aryl methyl sites for hydroxylation is 2. The normalized spacial score (nSPS) is 12.3. The van der Waals surface area contributed by atoms with Gasteiger partial charge in [0, 0.05) is 35.4 Å². The van der Waals surface area contributed by atoms with Crippen molar-refractivity contribution >= 4 is 47.4 Å². The maximum Gasteiger partial charge on any atom is 0.336 e. The van der Waals surface area contributed by atoms with Crippen LogP contribution in [0.25, 0.3) is 12.2 Å². The standard InChI is InChI=1S/C63H70N2O10/c1-3-5-11-46-19-35-56(36-20-46)74-58(66)39-23-48-15-31-54(32-16-48)72-43-9-7-41-62(51-25-29-53(65)30-26-51,63(60(68)69,61(70)71)45-50-13-27-52(64)28-14-50)42-8-10-44-73-55-33-17-49(18-34-55)24-40-59(67)75-57-37-21-47(22-38-57)12-6-4-2/h13-40H,3-12,41-45,64-65H2,1-2H3,(H,68,69)(H,70,71). The molecule has 0 saturated heterocycles. The highest BCUT2D eigenvalue weighted by molar-refractivity contribution is 6.01. The van der Waals surface area contributed by atoms with Crippen molar-refractivity contribution in [1.29, 1.82) is 0 Å². The highest BCUT2D eigenvalue weighted by atomic mass is 16.5. The van der Waals surface area contributed by atoms with E-state index in [0.29, 0.717) is 71.2 Å². The Morgan fingerprint density at radius 3 is 1.23 bits per heavy atom. The summed E-state index contributed by atoms with van der Waals surface area (Å²) in [5.41, 5.74) is 14.4. The van der Waals surface area contributed by atoms with E-state index in [1.807, 2.05) is 48.5 Å². The van der Waals surface area contributed by atoms with Gasteiger partial charge in [0.05, 0.1) is 13.2 Å². The highest BCUT2D eigenvalue weighted by Gasteiger charge is 2.62. The van der Waals surface area contributed by atoms with Crippen LogP contribution < -0.4 is 30.4 Å². The smallest absolute Gasteiger partial charge is 0.336 e. The topological polar surface area (TPSA) is 198 Å². The Bertz CT molecular complexity index is 2660. The summed E-state index contributed by atoms with van der Waals surface area (Å²) < 4.78 is 23.2. The van der Waals surface area contributed by atoms with E-state index < -0.39 is 34.7 Å². The molecular formula is C63H70N2O10. The Morgan fingerprint density at radius 1 is 0.467 bits per heavy atom. The summed E-state index contributed by atoms with van der Waals surface area (Å²) in [6.45, 7) is 4.86. The number of aliphatic carboxylic acids is 2. The molecule has 6 aromatic carbocycles. The Kier molecular flexibility index (Phi) is 21.2. The summed E-state index contributed by atoms with van der Waals surface area (Å²) in [6, 6.07) is 43.1. The lowest BCUT2D eigenvalue weighted by Gasteiger charge is -2.47. The number of nitrogen functional groups attached to an aromatic ring is 2. The molecule has 0 aliphatic rings. The Morgan fingerprint density at radius 2 is 0.840 bits per heavy atom. The summed E-state index contributed by atoms with van der Waals surface area (Å²) >= 11 is 0. The molecule has 0 atom stereocenters. The SMILES string of the molecule is CCCCc1ccc(OC(=O)C=Cc2ccc(OCCCCC(CCCCOc3ccc(C=CC(=O)Oc4ccc(CCCC)cc4)cc3)(c3ccc(N)cc3)C(Cc3ccc(N)cc3)(C(=O)O)C(=O)O)cc2)cc1. The largest absolute Gasteiger partial charge is 0.494 e. The van der Waals surface area contributed by atoms with Crippen molar-refractivity contribution in [1.82, 2.24) is 0 Å². The molecule has 0 fully saturated rings. The van der Waals surface area contributed by atoms with E-state index in [9.17, 15) is 29.4 Å². The number of ether oxygens (including phenoxy) is 4. The third-order valence-electron chi connectivity index (χ3n) is 13.5. The molecule has 12 heteroatoms. The fourth-order valence-electron chi connectivity index (χ4n) is 9.28. The number of carboxylic acid groups (broad SMARTS) is 2. The van der Waals surface area contributed by atoms with Gasteiger partial charge in [-0.2, -0.15) is 0 Å². The number of hydrogen-bond acceptors (Lipinski definition) is 10. The lowest BCUT2D eigenvalue weighted by atomic mass is 9.53. The number of hydrogen-bond donors (Lipinski definition) is 4. The minimum Gasteiger partial charge on any atom is -0.494 e. The van der Waals surface area contributed by atoms with E-state index in [1.54, 1.807) is 109 Å². The van der Waals surface area contributed by atoms with Crippen LogP contribution in [0.4, 0.5) is 11.4 Å². The van der Waals surface area contributed by atoms with Gasteiger partial charge >= 0.3 is 23.9 Å². The summed E-state index contributed by atoms with van der Waals surface area (Å²) in [4.78, 5) is 52.9. The van der Waals surface area contributed by atoms with E-state index in [0.717, 1.165) is 49.7 Å². The predicted octanol–water partition coefficient (Wildman–Crippen LogP) is 12.9. The van der Waals surface area contributed by atoms with Gasteiger partial charge in [0.2, 0.25) is 0 Å². The molecule has 0 unspecified atom stereocenters. The van der Waals surface area contributed by atoms with Crippen molar-refractivity contribution in [3.63, 3.8) is 0 Å². The van der Waals surface area contributed by atoms with Crippen LogP contribution in [0.5, 0.6) is 23.0 Å². The first kappa shape index (κ1) is 56.2. The molecule has 0 aromatic heterocycles. The summed E-state index contributed by atoms with van der Waals surface area (Å²) in [7, 11) is 0. The van der Waals surface area contributed by atoms with E-state index in [1.165, 1.54) is 23.3 Å². The van der Waals surface area contributed by atoms with Crippen LogP contribution in [0, 0.1) is 5.41 Å². The molecular weight excluding hydrogens is 945 g/mol. The zero-order chi connectivity index (χ0) is 53.5. The van der Waals surface area contributed by atoms with Crippen LogP contribution in [-0.4, -0.2) is 47.3 Å². The van der Waals surface area contributed by atoms with Gasteiger partial charge in [-0.05, 0) is 183 Å². The van der Waals surface area contributed by atoms with E-state index in [2.05, 4.69) is 13.8 Å². The van der Waals surface area contributed by atoms with Crippen LogP contribution in [0.1, 0.15) is 111 Å². The number of rotatable bonds is 30. The molecule has 6 N–H and O–H groups in total. The Hall–Kier alpha value is -8.12. The highest BCUT2D eigenvalue weighted by Crippen LogP contribution is 2.52. The zero-order valence-corrected chi connectivity index (χ0v) is 43.1. The van der Waals surface area contributed by atoms with E-state index in [4.69, 9.17) is 30.4 Å². The Balaban J connectivity index is 1.10. The lowest BCUT2D eigenvalue weighted by molar-refractivity contribution is -0.172. The second kappa shape index (κ2) is 28.4. The monoisotopic (exact) mass is 1010 g/mol. The van der Waals surface area contributed by atoms with Gasteiger partial charge in [0.15, 0.2) is 5.41 Å². The van der Waals surface area contributed by atoms with Gasteiger partial charge in [-0.15, -0.1) is 0 Å². The maximum absolute atomic E-state index is 13.9. The zero-order valence-electron chi connectivity index (χ0n) is 43.1. The molecule has 0 bridgehead atoms. The van der Waals surface area contributed by atoms with Crippen molar-refractivity contribution in [3.8, 4) is 23.0 Å². The number of nitrogens with two attached hydrogens (primary N) is 2. The minimum absolute atomic E-state index is 0.200. The second-order valence-electron chi connectivity index (χ2n) is 18.9. The van der Waals surface area contributed by atoms with Gasteiger partial charge in [-0.1, -0.05) is 99.5 Å². The third-order valence-corrected chi connectivity index (χ3v) is 13.5. The molecule has 0 heterocycles. The molecule has 0 saturated carbocycles. The number of anilines is 2. The first-order valence-corrected chi connectivity index (χ1v) is 25.9. The number of esters is 2. The van der Waals surface area contributed by atoms with Crippen molar-refractivity contribution in [2.24, 2.45) is 5.41 Å². The van der Waals surface area contributed by atoms with E-state index in [-0.39, 0.29) is 32.5 Å². The third kappa shape index (κ3) is 16.4. The first-order valence-electron chi connectivity index (χ1n) is 25.9. The average Bonchev–Trinajstić information content (AvgIpc) is 3.41. The molecule has 0 aliphatic heterocycles. The van der Waals surface area contributed by atoms with Crippen molar-refractivity contribution in [2.45, 2.75) is 103 Å². The van der Waals surface area contributed by atoms with Gasteiger partial charge in [-0.25, -0.2) is 9.59 Å². The lowest BCUT2D eigenvalue weighted by Crippen LogP contribution is -2.57. The maximum atomic E-state index is 13.9. The predicted molar refractivity (Wildman–Crippen MR) is 296 cm³/mol. The molecule has 12 nitrogen and oxygen atoms in total. The van der Waals surface area contributed by atoms with Gasteiger partial charge in [-0.3, -0.25) is 9.59 Å². The van der Waals surface area contributed by atoms with Crippen LogP contribution in [-0.2, 0) is 43.9 Å². The summed E-state index contributed by atoms with van der Waals surface area (Å²) in [5, 5.41) is 22.6. The Labute approximate surface area is 441 Å². The van der Waals surface area contributed by atoms with Gasteiger partial charge < -0.3 is 40.6 Å². The number of unbranched alkanes of at least 4 members (excludes halogenated alkanes) is 4. The summed E-state index contributed by atoms with van der Waals surface area (Å²) in [5.74, 6) is -1.72. The average molecular weight is 1020 g/mol. The molecule has 0 aliphatic carbocycles. The molecule has 6 aromatic rings. The van der Waals surface area contributed by atoms with Gasteiger partial charge in [0.1, 0.15) is 23.0 Å². The number of carboxylic acids is 2. The quantitative estimate of drug-likeness (QED) is 0.00833. The van der Waals surface area contributed by atoms with Crippen LogP contribution in [0.15, 0.2) is 158 Å². The molecule has 0 radical (unpaired) electrons.